The summed E-state index contributed by atoms with van der Waals surface area (Å²) in [5.74, 6) is 0.190. The molecule has 106 valence electrons. The Bertz CT molecular complexity index is 653. The summed E-state index contributed by atoms with van der Waals surface area (Å²) in [6.45, 7) is 0. The van der Waals surface area contributed by atoms with Gasteiger partial charge in [-0.05, 0) is 6.07 Å². The van der Waals surface area contributed by atoms with E-state index in [1.165, 1.54) is 10.7 Å². The van der Waals surface area contributed by atoms with E-state index in [2.05, 4.69) is 15.4 Å². The van der Waals surface area contributed by atoms with Crippen LogP contribution in [0.5, 0.6) is 0 Å². The maximum absolute atomic E-state index is 12.6. The molecule has 0 saturated carbocycles. The summed E-state index contributed by atoms with van der Waals surface area (Å²) < 4.78 is 39.1. The highest BCUT2D eigenvalue weighted by molar-refractivity contribution is 5.67. The van der Waals surface area contributed by atoms with E-state index in [-0.39, 0.29) is 11.5 Å². The van der Waals surface area contributed by atoms with E-state index < -0.39 is 22.5 Å². The SMILES string of the molecule is Cn1ccc(Nc2cc(C(F)(F)F)ncc2[N+](=O)[O-])n1. The van der Waals surface area contributed by atoms with Gasteiger partial charge in [0.15, 0.2) is 5.82 Å². The molecule has 7 nitrogen and oxygen atoms in total. The first-order chi connectivity index (χ1) is 9.27. The minimum atomic E-state index is -4.68. The molecule has 0 aliphatic heterocycles. The maximum atomic E-state index is 12.6. The van der Waals surface area contributed by atoms with Gasteiger partial charge in [-0.2, -0.15) is 18.3 Å². The second kappa shape index (κ2) is 4.79. The Morgan fingerprint density at radius 2 is 2.15 bits per heavy atom. The molecule has 0 aliphatic rings. The molecule has 0 aromatic carbocycles. The zero-order valence-corrected chi connectivity index (χ0v) is 10.0. The summed E-state index contributed by atoms with van der Waals surface area (Å²) in [6, 6.07) is 2.05. The molecule has 2 aromatic rings. The normalized spacial score (nSPS) is 11.4. The number of rotatable bonds is 3. The van der Waals surface area contributed by atoms with Gasteiger partial charge in [-0.15, -0.1) is 0 Å². The van der Waals surface area contributed by atoms with Crippen molar-refractivity contribution in [3.05, 3.63) is 40.3 Å². The average molecular weight is 287 g/mol. The fraction of sp³-hybridized carbons (Fsp3) is 0.200. The fourth-order valence-electron chi connectivity index (χ4n) is 1.47. The topological polar surface area (TPSA) is 85.9 Å². The van der Waals surface area contributed by atoms with Crippen molar-refractivity contribution in [2.24, 2.45) is 7.05 Å². The van der Waals surface area contributed by atoms with Crippen LogP contribution in [0.25, 0.3) is 0 Å². The number of aromatic nitrogens is 3. The third kappa shape index (κ3) is 2.84. The molecular weight excluding hydrogens is 279 g/mol. The van der Waals surface area contributed by atoms with Crippen LogP contribution in [0.2, 0.25) is 0 Å². The number of anilines is 2. The lowest BCUT2D eigenvalue weighted by Gasteiger charge is -2.08. The first kappa shape index (κ1) is 13.8. The molecule has 0 spiro atoms. The minimum Gasteiger partial charge on any atom is -0.333 e. The lowest BCUT2D eigenvalue weighted by atomic mass is 10.2. The van der Waals surface area contributed by atoms with Gasteiger partial charge in [0.05, 0.1) is 4.92 Å². The van der Waals surface area contributed by atoms with Gasteiger partial charge in [0, 0.05) is 19.3 Å². The molecular formula is C10H8F3N5O2. The van der Waals surface area contributed by atoms with E-state index in [1.807, 2.05) is 0 Å². The molecule has 0 amide bonds. The zero-order chi connectivity index (χ0) is 14.9. The minimum absolute atomic E-state index is 0.190. The van der Waals surface area contributed by atoms with Gasteiger partial charge in [0.1, 0.15) is 17.6 Å². The molecule has 0 unspecified atom stereocenters. The molecule has 0 bridgehead atoms. The summed E-state index contributed by atoms with van der Waals surface area (Å²) >= 11 is 0. The first-order valence-electron chi connectivity index (χ1n) is 5.25. The Morgan fingerprint density at radius 3 is 2.65 bits per heavy atom. The Kier molecular flexibility index (Phi) is 3.30. The van der Waals surface area contributed by atoms with E-state index >= 15 is 0 Å². The highest BCUT2D eigenvalue weighted by atomic mass is 19.4. The van der Waals surface area contributed by atoms with Crippen LogP contribution in [0.15, 0.2) is 24.5 Å². The van der Waals surface area contributed by atoms with Crippen molar-refractivity contribution in [1.29, 1.82) is 0 Å². The van der Waals surface area contributed by atoms with Crippen molar-refractivity contribution >= 4 is 17.2 Å². The zero-order valence-electron chi connectivity index (χ0n) is 10.0. The Morgan fingerprint density at radius 1 is 1.45 bits per heavy atom. The summed E-state index contributed by atoms with van der Waals surface area (Å²) in [6.07, 6.45) is -2.58. The molecule has 0 fully saturated rings. The number of nitro groups is 1. The van der Waals surface area contributed by atoms with E-state index in [0.717, 1.165) is 0 Å². The third-order valence-corrected chi connectivity index (χ3v) is 2.35. The number of halogens is 3. The lowest BCUT2D eigenvalue weighted by Crippen LogP contribution is -2.09. The number of nitrogens with one attached hydrogen (secondary N) is 1. The van der Waals surface area contributed by atoms with Gasteiger partial charge in [-0.3, -0.25) is 14.8 Å². The second-order valence-corrected chi connectivity index (χ2v) is 3.84. The van der Waals surface area contributed by atoms with Gasteiger partial charge in [-0.25, -0.2) is 4.98 Å². The lowest BCUT2D eigenvalue weighted by molar-refractivity contribution is -0.384. The van der Waals surface area contributed by atoms with Gasteiger partial charge >= 0.3 is 11.9 Å². The molecule has 10 heteroatoms. The quantitative estimate of drug-likeness (QED) is 0.692. The van der Waals surface area contributed by atoms with Crippen LogP contribution in [-0.2, 0) is 13.2 Å². The van der Waals surface area contributed by atoms with Crippen molar-refractivity contribution in [3.63, 3.8) is 0 Å². The number of aryl methyl sites for hydroxylation is 1. The fourth-order valence-corrected chi connectivity index (χ4v) is 1.47. The van der Waals surface area contributed by atoms with Crippen LogP contribution < -0.4 is 5.32 Å². The molecule has 0 atom stereocenters. The molecule has 2 aromatic heterocycles. The van der Waals surface area contributed by atoms with Crippen LogP contribution in [-0.4, -0.2) is 19.7 Å². The summed E-state index contributed by atoms with van der Waals surface area (Å²) in [7, 11) is 1.60. The molecule has 20 heavy (non-hydrogen) atoms. The summed E-state index contributed by atoms with van der Waals surface area (Å²) in [5, 5.41) is 17.1. The van der Waals surface area contributed by atoms with E-state index in [9.17, 15) is 23.3 Å². The number of nitrogens with zero attached hydrogens (tertiary/aromatic N) is 4. The van der Waals surface area contributed by atoms with Gasteiger partial charge in [-0.1, -0.05) is 0 Å². The van der Waals surface area contributed by atoms with Crippen LogP contribution in [0.1, 0.15) is 5.69 Å². The van der Waals surface area contributed by atoms with Crippen molar-refractivity contribution in [2.45, 2.75) is 6.18 Å². The summed E-state index contributed by atoms with van der Waals surface area (Å²) in [4.78, 5) is 13.0. The molecule has 1 N–H and O–H groups in total. The van der Waals surface area contributed by atoms with Crippen molar-refractivity contribution < 1.29 is 18.1 Å². The second-order valence-electron chi connectivity index (χ2n) is 3.84. The van der Waals surface area contributed by atoms with Gasteiger partial charge < -0.3 is 5.32 Å². The standard InChI is InChI=1S/C10H8F3N5O2/c1-17-3-2-9(16-17)15-6-4-8(10(11,12)13)14-5-7(6)18(19)20/h2-5H,1H3,(H,14,15,16). The van der Waals surface area contributed by atoms with Crippen LogP contribution >= 0.6 is 0 Å². The van der Waals surface area contributed by atoms with Crippen LogP contribution in [0.4, 0.5) is 30.4 Å². The monoisotopic (exact) mass is 287 g/mol. The van der Waals surface area contributed by atoms with Gasteiger partial charge in [0.25, 0.3) is 0 Å². The highest BCUT2D eigenvalue weighted by Crippen LogP contribution is 2.33. The summed E-state index contributed by atoms with van der Waals surface area (Å²) in [5.41, 5.74) is -2.11. The highest BCUT2D eigenvalue weighted by Gasteiger charge is 2.34. The first-order valence-corrected chi connectivity index (χ1v) is 5.25. The molecule has 0 aliphatic carbocycles. The molecule has 2 rings (SSSR count). The number of alkyl halides is 3. The maximum Gasteiger partial charge on any atom is 0.433 e. The van der Waals surface area contributed by atoms with E-state index in [4.69, 9.17) is 0 Å². The largest absolute Gasteiger partial charge is 0.433 e. The smallest absolute Gasteiger partial charge is 0.333 e. The van der Waals surface area contributed by atoms with Crippen molar-refractivity contribution in [3.8, 4) is 0 Å². The van der Waals surface area contributed by atoms with Crippen molar-refractivity contribution in [1.82, 2.24) is 14.8 Å². The van der Waals surface area contributed by atoms with Crippen LogP contribution in [0.3, 0.4) is 0 Å². The number of pyridine rings is 1. The number of hydrogen-bond donors (Lipinski definition) is 1. The van der Waals surface area contributed by atoms with Crippen molar-refractivity contribution in [2.75, 3.05) is 5.32 Å². The third-order valence-electron chi connectivity index (χ3n) is 2.35. The predicted molar refractivity (Wildman–Crippen MR) is 62.4 cm³/mol. The van der Waals surface area contributed by atoms with Gasteiger partial charge in [0.2, 0.25) is 0 Å². The number of hydrogen-bond acceptors (Lipinski definition) is 5. The van der Waals surface area contributed by atoms with Crippen LogP contribution in [0, 0.1) is 10.1 Å². The average Bonchev–Trinajstić information content (AvgIpc) is 2.73. The molecule has 0 saturated heterocycles. The van der Waals surface area contributed by atoms with E-state index in [1.54, 1.807) is 13.2 Å². The molecule has 0 radical (unpaired) electrons. The molecule has 2 heterocycles. The Balaban J connectivity index is 2.44. The Labute approximate surface area is 110 Å². The Hall–Kier alpha value is -2.65. The van der Waals surface area contributed by atoms with E-state index in [0.29, 0.717) is 12.3 Å². The predicted octanol–water partition coefficient (Wildman–Crippen LogP) is 2.49.